The molecule has 0 heterocycles. The fourth-order valence-electron chi connectivity index (χ4n) is 1.90. The average molecular weight is 278 g/mol. The molecule has 2 N–H and O–H groups in total. The molecule has 0 bridgehead atoms. The molecule has 1 atom stereocenters. The van der Waals surface area contributed by atoms with Gasteiger partial charge in [0.25, 0.3) is 0 Å². The zero-order chi connectivity index (χ0) is 15.3. The van der Waals surface area contributed by atoms with Gasteiger partial charge in [-0.15, -0.1) is 0 Å². The van der Waals surface area contributed by atoms with Crippen LogP contribution in [0.3, 0.4) is 0 Å². The Morgan fingerprint density at radius 3 is 2.40 bits per heavy atom. The fraction of sp³-hybridized carbons (Fsp3) is 0.467. The fourth-order valence-corrected chi connectivity index (χ4v) is 1.90. The summed E-state index contributed by atoms with van der Waals surface area (Å²) in [7, 11) is 1.59. The van der Waals surface area contributed by atoms with E-state index in [9.17, 15) is 9.59 Å². The lowest BCUT2D eigenvalue weighted by Gasteiger charge is -2.21. The molecule has 5 nitrogen and oxygen atoms in total. The molecular weight excluding hydrogens is 256 g/mol. The van der Waals surface area contributed by atoms with Gasteiger partial charge >= 0.3 is 12.0 Å². The molecule has 110 valence electrons. The van der Waals surface area contributed by atoms with Crippen molar-refractivity contribution < 1.29 is 14.7 Å². The minimum atomic E-state index is -0.910. The van der Waals surface area contributed by atoms with E-state index in [0.29, 0.717) is 5.92 Å². The van der Waals surface area contributed by atoms with Gasteiger partial charge in [-0.25, -0.2) is 4.79 Å². The first-order valence-corrected chi connectivity index (χ1v) is 6.66. The standard InChI is InChI=1S/C15H22N2O3/c1-10(2)12-7-5-6-8-13(12)16-15(20)17(4)9-11(3)14(18)19/h5-8,10-11H,9H2,1-4H3,(H,16,20)(H,18,19). The highest BCUT2D eigenvalue weighted by atomic mass is 16.4. The predicted molar refractivity (Wildman–Crippen MR) is 79.0 cm³/mol. The topological polar surface area (TPSA) is 69.6 Å². The summed E-state index contributed by atoms with van der Waals surface area (Å²) in [6.45, 7) is 5.86. The first-order chi connectivity index (χ1) is 9.32. The number of carboxylic acids is 1. The zero-order valence-corrected chi connectivity index (χ0v) is 12.4. The SMILES string of the molecule is CC(CN(C)C(=O)Nc1ccccc1C(C)C)C(=O)O. The van der Waals surface area contributed by atoms with E-state index in [1.807, 2.05) is 24.3 Å². The molecule has 0 aliphatic carbocycles. The quantitative estimate of drug-likeness (QED) is 0.870. The van der Waals surface area contributed by atoms with Crippen LogP contribution in [0.5, 0.6) is 0 Å². The van der Waals surface area contributed by atoms with Gasteiger partial charge in [-0.1, -0.05) is 39.0 Å². The zero-order valence-electron chi connectivity index (χ0n) is 12.4. The summed E-state index contributed by atoms with van der Waals surface area (Å²) in [6.07, 6.45) is 0. The summed E-state index contributed by atoms with van der Waals surface area (Å²) in [5.74, 6) is -1.20. The number of carboxylic acid groups (broad SMARTS) is 1. The van der Waals surface area contributed by atoms with Crippen LogP contribution in [-0.2, 0) is 4.79 Å². The number of para-hydroxylation sites is 1. The molecule has 1 aromatic carbocycles. The second kappa shape index (κ2) is 6.93. The van der Waals surface area contributed by atoms with E-state index < -0.39 is 11.9 Å². The molecule has 1 unspecified atom stereocenters. The highest BCUT2D eigenvalue weighted by Gasteiger charge is 2.18. The second-order valence-electron chi connectivity index (χ2n) is 5.29. The van der Waals surface area contributed by atoms with Gasteiger partial charge in [0.15, 0.2) is 0 Å². The molecule has 1 aromatic rings. The maximum atomic E-state index is 12.1. The van der Waals surface area contributed by atoms with Crippen LogP contribution in [0.4, 0.5) is 10.5 Å². The van der Waals surface area contributed by atoms with Crippen LogP contribution in [0.25, 0.3) is 0 Å². The largest absolute Gasteiger partial charge is 0.481 e. The number of amides is 2. The molecule has 1 rings (SSSR count). The van der Waals surface area contributed by atoms with E-state index in [1.165, 1.54) is 4.90 Å². The first-order valence-electron chi connectivity index (χ1n) is 6.66. The lowest BCUT2D eigenvalue weighted by atomic mass is 10.0. The molecule has 0 aromatic heterocycles. The van der Waals surface area contributed by atoms with Gasteiger partial charge in [-0.2, -0.15) is 0 Å². The normalized spacial score (nSPS) is 12.1. The van der Waals surface area contributed by atoms with Gasteiger partial charge in [0.1, 0.15) is 0 Å². The van der Waals surface area contributed by atoms with Gasteiger partial charge in [0.05, 0.1) is 5.92 Å². The average Bonchev–Trinajstić information content (AvgIpc) is 2.38. The summed E-state index contributed by atoms with van der Waals surface area (Å²) >= 11 is 0. The van der Waals surface area contributed by atoms with Gasteiger partial charge < -0.3 is 15.3 Å². The van der Waals surface area contributed by atoms with Crippen molar-refractivity contribution in [1.29, 1.82) is 0 Å². The number of carbonyl (C=O) groups is 2. The molecule has 20 heavy (non-hydrogen) atoms. The van der Waals surface area contributed by atoms with Crippen molar-refractivity contribution in [3.05, 3.63) is 29.8 Å². The molecule has 0 spiro atoms. The van der Waals surface area contributed by atoms with Gasteiger partial charge in [-0.05, 0) is 17.5 Å². The van der Waals surface area contributed by atoms with Crippen LogP contribution < -0.4 is 5.32 Å². The summed E-state index contributed by atoms with van der Waals surface area (Å²) in [4.78, 5) is 24.3. The Hall–Kier alpha value is -2.04. The third-order valence-electron chi connectivity index (χ3n) is 3.14. The Morgan fingerprint density at radius 2 is 1.85 bits per heavy atom. The maximum Gasteiger partial charge on any atom is 0.321 e. The van der Waals surface area contributed by atoms with E-state index in [4.69, 9.17) is 5.11 Å². The Kier molecular flexibility index (Phi) is 5.55. The van der Waals surface area contributed by atoms with E-state index in [-0.39, 0.29) is 12.6 Å². The van der Waals surface area contributed by atoms with Crippen LogP contribution in [-0.4, -0.2) is 35.6 Å². The number of urea groups is 1. The predicted octanol–water partition coefficient (Wildman–Crippen LogP) is 2.99. The van der Waals surface area contributed by atoms with Crippen LogP contribution in [0, 0.1) is 5.92 Å². The number of nitrogens with one attached hydrogen (secondary N) is 1. The highest BCUT2D eigenvalue weighted by Crippen LogP contribution is 2.23. The van der Waals surface area contributed by atoms with E-state index in [1.54, 1.807) is 14.0 Å². The third-order valence-corrected chi connectivity index (χ3v) is 3.14. The number of hydrogen-bond acceptors (Lipinski definition) is 2. The van der Waals surface area contributed by atoms with Crippen LogP contribution in [0.15, 0.2) is 24.3 Å². The summed E-state index contributed by atoms with van der Waals surface area (Å²) < 4.78 is 0. The molecular formula is C15H22N2O3. The van der Waals surface area contributed by atoms with Crippen molar-refractivity contribution in [2.45, 2.75) is 26.7 Å². The third kappa shape index (κ3) is 4.26. The van der Waals surface area contributed by atoms with E-state index in [2.05, 4.69) is 19.2 Å². The lowest BCUT2D eigenvalue weighted by Crippen LogP contribution is -2.36. The van der Waals surface area contributed by atoms with Crippen molar-refractivity contribution in [3.63, 3.8) is 0 Å². The number of carbonyl (C=O) groups excluding carboxylic acids is 1. The summed E-state index contributed by atoms with van der Waals surface area (Å²) in [5, 5.41) is 11.7. The Balaban J connectivity index is 2.73. The van der Waals surface area contributed by atoms with Crippen molar-refractivity contribution in [2.24, 2.45) is 5.92 Å². The van der Waals surface area contributed by atoms with Gasteiger partial charge in [-0.3, -0.25) is 4.79 Å². The highest BCUT2D eigenvalue weighted by molar-refractivity contribution is 5.90. The molecule has 2 amide bonds. The molecule has 0 saturated carbocycles. The minimum absolute atomic E-state index is 0.172. The first kappa shape index (κ1) is 16.0. The number of benzene rings is 1. The van der Waals surface area contributed by atoms with Gasteiger partial charge in [0, 0.05) is 19.3 Å². The number of aliphatic carboxylic acids is 1. The minimum Gasteiger partial charge on any atom is -0.481 e. The molecule has 0 fully saturated rings. The summed E-state index contributed by atoms with van der Waals surface area (Å²) in [6, 6.07) is 7.32. The number of hydrogen-bond donors (Lipinski definition) is 2. The van der Waals surface area contributed by atoms with Crippen LogP contribution in [0.2, 0.25) is 0 Å². The maximum absolute atomic E-state index is 12.1. The Bertz CT molecular complexity index is 486. The summed E-state index contributed by atoms with van der Waals surface area (Å²) in [5.41, 5.74) is 1.82. The van der Waals surface area contributed by atoms with E-state index in [0.717, 1.165) is 11.3 Å². The molecule has 0 aliphatic heterocycles. The smallest absolute Gasteiger partial charge is 0.321 e. The van der Waals surface area contributed by atoms with Crippen molar-refractivity contribution in [1.82, 2.24) is 4.90 Å². The lowest BCUT2D eigenvalue weighted by molar-refractivity contribution is -0.141. The molecule has 0 saturated heterocycles. The van der Waals surface area contributed by atoms with Crippen molar-refractivity contribution >= 4 is 17.7 Å². The number of rotatable bonds is 5. The Labute approximate surface area is 119 Å². The molecule has 0 radical (unpaired) electrons. The molecule has 5 heteroatoms. The van der Waals surface area contributed by atoms with Gasteiger partial charge in [0.2, 0.25) is 0 Å². The second-order valence-corrected chi connectivity index (χ2v) is 5.29. The van der Waals surface area contributed by atoms with Crippen LogP contribution >= 0.6 is 0 Å². The van der Waals surface area contributed by atoms with Crippen LogP contribution in [0.1, 0.15) is 32.3 Å². The monoisotopic (exact) mass is 278 g/mol. The van der Waals surface area contributed by atoms with Crippen molar-refractivity contribution in [3.8, 4) is 0 Å². The van der Waals surface area contributed by atoms with E-state index >= 15 is 0 Å². The number of nitrogens with zero attached hydrogens (tertiary/aromatic N) is 1. The number of anilines is 1. The Morgan fingerprint density at radius 1 is 1.25 bits per heavy atom. The molecule has 0 aliphatic rings. The van der Waals surface area contributed by atoms with Crippen molar-refractivity contribution in [2.75, 3.05) is 18.9 Å².